The van der Waals surface area contributed by atoms with Gasteiger partial charge in [-0.2, -0.15) is 0 Å². The van der Waals surface area contributed by atoms with Gasteiger partial charge in [-0.25, -0.2) is 0 Å². The number of nitro groups is 1. The molecular formula is C10H16N4O2. The monoisotopic (exact) mass is 224 g/mol. The Morgan fingerprint density at radius 1 is 1.69 bits per heavy atom. The van der Waals surface area contributed by atoms with E-state index in [9.17, 15) is 10.1 Å². The maximum absolute atomic E-state index is 10.9. The van der Waals surface area contributed by atoms with Crippen molar-refractivity contribution in [3.05, 3.63) is 21.6 Å². The van der Waals surface area contributed by atoms with Crippen LogP contribution in [0.25, 0.3) is 0 Å². The number of nitrogens with two attached hydrogens (primary N) is 1. The third kappa shape index (κ3) is 1.69. The van der Waals surface area contributed by atoms with Gasteiger partial charge < -0.3 is 20.4 Å². The summed E-state index contributed by atoms with van der Waals surface area (Å²) in [7, 11) is 0. The van der Waals surface area contributed by atoms with Crippen LogP contribution in [0.5, 0.6) is 0 Å². The van der Waals surface area contributed by atoms with Crippen LogP contribution < -0.4 is 5.73 Å². The largest absolute Gasteiger partial charge is 0.385 e. The average molecular weight is 224 g/mol. The van der Waals surface area contributed by atoms with E-state index in [-0.39, 0.29) is 16.8 Å². The van der Waals surface area contributed by atoms with Gasteiger partial charge in [-0.15, -0.1) is 0 Å². The van der Waals surface area contributed by atoms with Crippen molar-refractivity contribution in [3.8, 4) is 0 Å². The molecule has 16 heavy (non-hydrogen) atoms. The fourth-order valence-electron chi connectivity index (χ4n) is 2.54. The average Bonchev–Trinajstić information content (AvgIpc) is 2.58. The zero-order valence-electron chi connectivity index (χ0n) is 9.35. The van der Waals surface area contributed by atoms with Gasteiger partial charge in [-0.1, -0.05) is 0 Å². The van der Waals surface area contributed by atoms with Gasteiger partial charge >= 0.3 is 5.82 Å². The second-order valence-corrected chi connectivity index (χ2v) is 4.18. The predicted octanol–water partition coefficient (Wildman–Crippen LogP) is 1.33. The van der Waals surface area contributed by atoms with Gasteiger partial charge in [0.05, 0.1) is 0 Å². The molecule has 0 amide bonds. The summed E-state index contributed by atoms with van der Waals surface area (Å²) in [4.78, 5) is 14.5. The van der Waals surface area contributed by atoms with Crippen LogP contribution in [0, 0.1) is 17.0 Å². The van der Waals surface area contributed by atoms with Gasteiger partial charge in [0.25, 0.3) is 0 Å². The minimum Gasteiger partial charge on any atom is -0.358 e. The smallest absolute Gasteiger partial charge is 0.358 e. The fraction of sp³-hybridized carbons (Fsp3) is 0.700. The number of aromatic nitrogens is 2. The summed E-state index contributed by atoms with van der Waals surface area (Å²) in [5.41, 5.74) is 6.34. The van der Waals surface area contributed by atoms with Crippen LogP contribution in [-0.4, -0.2) is 21.0 Å². The number of imidazole rings is 1. The van der Waals surface area contributed by atoms with Gasteiger partial charge in [0.15, 0.2) is 0 Å². The summed E-state index contributed by atoms with van der Waals surface area (Å²) in [5, 5.41) is 10.9. The van der Waals surface area contributed by atoms with Crippen LogP contribution in [0.3, 0.4) is 0 Å². The molecule has 2 N–H and O–H groups in total. The highest BCUT2D eigenvalue weighted by atomic mass is 16.6. The lowest BCUT2D eigenvalue weighted by Gasteiger charge is -2.24. The number of hydrogen-bond acceptors (Lipinski definition) is 4. The van der Waals surface area contributed by atoms with Crippen molar-refractivity contribution in [2.75, 3.05) is 6.54 Å². The third-order valence-corrected chi connectivity index (χ3v) is 3.15. The van der Waals surface area contributed by atoms with Gasteiger partial charge in [-0.05, 0) is 42.1 Å². The van der Waals surface area contributed by atoms with E-state index in [0.717, 1.165) is 37.2 Å². The lowest BCUT2D eigenvalue weighted by Crippen LogP contribution is -2.21. The number of rotatable bonds is 3. The summed E-state index contributed by atoms with van der Waals surface area (Å²) in [6, 6.07) is 0.287. The Hall–Kier alpha value is -1.43. The summed E-state index contributed by atoms with van der Waals surface area (Å²) >= 11 is 0. The molecule has 0 saturated heterocycles. The van der Waals surface area contributed by atoms with Gasteiger partial charge in [-0.3, -0.25) is 0 Å². The molecule has 1 aliphatic rings. The Morgan fingerprint density at radius 2 is 2.44 bits per heavy atom. The van der Waals surface area contributed by atoms with Crippen molar-refractivity contribution in [1.82, 2.24) is 9.55 Å². The molecule has 0 spiro atoms. The molecule has 1 aromatic heterocycles. The van der Waals surface area contributed by atoms with Crippen LogP contribution in [0.2, 0.25) is 0 Å². The first-order valence-electron chi connectivity index (χ1n) is 5.57. The molecule has 2 rings (SSSR count). The molecule has 1 aromatic rings. The maximum atomic E-state index is 10.9. The Kier molecular flexibility index (Phi) is 2.91. The lowest BCUT2D eigenvalue weighted by molar-refractivity contribution is -0.390. The molecule has 88 valence electrons. The third-order valence-electron chi connectivity index (χ3n) is 3.15. The summed E-state index contributed by atoms with van der Waals surface area (Å²) in [6.45, 7) is 2.43. The minimum atomic E-state index is -0.385. The molecule has 1 aliphatic heterocycles. The first-order valence-corrected chi connectivity index (χ1v) is 5.57. The highest BCUT2D eigenvalue weighted by Gasteiger charge is 2.31. The highest BCUT2D eigenvalue weighted by molar-refractivity contribution is 5.31. The molecule has 0 aromatic carbocycles. The Morgan fingerprint density at radius 3 is 3.06 bits per heavy atom. The topological polar surface area (TPSA) is 87.0 Å². The number of fused-ring (bicyclic) bond motifs is 1. The lowest BCUT2D eigenvalue weighted by atomic mass is 10.00. The van der Waals surface area contributed by atoms with E-state index in [1.54, 1.807) is 0 Å². The number of hydrogen-bond donors (Lipinski definition) is 1. The Balaban J connectivity index is 2.44. The van der Waals surface area contributed by atoms with Crippen molar-refractivity contribution < 1.29 is 4.92 Å². The second-order valence-electron chi connectivity index (χ2n) is 4.18. The van der Waals surface area contributed by atoms with E-state index in [0.29, 0.717) is 6.54 Å². The highest BCUT2D eigenvalue weighted by Crippen LogP contribution is 2.33. The van der Waals surface area contributed by atoms with Crippen LogP contribution >= 0.6 is 0 Å². The van der Waals surface area contributed by atoms with E-state index in [1.165, 1.54) is 0 Å². The van der Waals surface area contributed by atoms with Crippen molar-refractivity contribution in [3.63, 3.8) is 0 Å². The molecule has 0 radical (unpaired) electrons. The van der Waals surface area contributed by atoms with E-state index in [1.807, 2.05) is 11.5 Å². The van der Waals surface area contributed by atoms with Gasteiger partial charge in [0.2, 0.25) is 5.82 Å². The predicted molar refractivity (Wildman–Crippen MR) is 59.3 cm³/mol. The van der Waals surface area contributed by atoms with E-state index in [2.05, 4.69) is 4.98 Å². The second kappa shape index (κ2) is 4.21. The van der Waals surface area contributed by atoms with Crippen LogP contribution in [0.15, 0.2) is 0 Å². The van der Waals surface area contributed by atoms with Crippen LogP contribution in [0.4, 0.5) is 5.82 Å². The van der Waals surface area contributed by atoms with Crippen LogP contribution in [-0.2, 0) is 6.42 Å². The van der Waals surface area contributed by atoms with Crippen molar-refractivity contribution in [2.24, 2.45) is 5.73 Å². The molecular weight excluding hydrogens is 208 g/mol. The van der Waals surface area contributed by atoms with E-state index in [4.69, 9.17) is 5.73 Å². The Bertz CT molecular complexity index is 413. The maximum Gasteiger partial charge on any atom is 0.385 e. The van der Waals surface area contributed by atoms with Gasteiger partial charge in [0.1, 0.15) is 5.69 Å². The standard InChI is InChI=1S/C10H16N4O2/c1-7-12-10(14(15)16)9-4-2-3-8(5-6-11)13(7)9/h8H,2-6,11H2,1H3. The van der Waals surface area contributed by atoms with Gasteiger partial charge in [0, 0.05) is 13.0 Å². The van der Waals surface area contributed by atoms with Crippen molar-refractivity contribution in [1.29, 1.82) is 0 Å². The normalized spacial score (nSPS) is 19.5. The van der Waals surface area contributed by atoms with Crippen molar-refractivity contribution >= 4 is 5.82 Å². The number of aryl methyl sites for hydroxylation is 1. The van der Waals surface area contributed by atoms with E-state index < -0.39 is 0 Å². The van der Waals surface area contributed by atoms with E-state index >= 15 is 0 Å². The molecule has 0 saturated carbocycles. The molecule has 1 unspecified atom stereocenters. The van der Waals surface area contributed by atoms with Crippen molar-refractivity contribution in [2.45, 2.75) is 38.6 Å². The first-order chi connectivity index (χ1) is 7.65. The molecule has 0 fully saturated rings. The summed E-state index contributed by atoms with van der Waals surface area (Å²) in [5.74, 6) is 0.763. The molecule has 1 atom stereocenters. The number of nitrogens with zero attached hydrogens (tertiary/aromatic N) is 3. The first kappa shape index (κ1) is 11.1. The summed E-state index contributed by atoms with van der Waals surface area (Å²) < 4.78 is 2.01. The molecule has 6 heteroatoms. The SMILES string of the molecule is Cc1nc([N+](=O)[O-])c2n1C(CCN)CCC2. The molecule has 6 nitrogen and oxygen atoms in total. The quantitative estimate of drug-likeness (QED) is 0.619. The molecule has 2 heterocycles. The van der Waals surface area contributed by atoms with Crippen LogP contribution in [0.1, 0.15) is 36.8 Å². The molecule has 0 aliphatic carbocycles. The minimum absolute atomic E-state index is 0.0271. The fourth-order valence-corrected chi connectivity index (χ4v) is 2.54. The zero-order valence-corrected chi connectivity index (χ0v) is 9.35. The molecule has 0 bridgehead atoms. The zero-order chi connectivity index (χ0) is 11.7. The Labute approximate surface area is 93.6 Å². The summed E-state index contributed by atoms with van der Waals surface area (Å²) in [6.07, 6.45) is 3.63.